The standard InChI is InChI=1S/C34H40FN5O3/c1-34(2,35)18-16-25(32(42)37-19-17-23-12-14-26(36)15-13-23)21-31(41)29(20-24-8-4-3-5-9-24)40-33(43)30-22-38-27-10-6-7-11-28(27)39-30/h3-15,22,25,29,31,41H,16-21,36H2,1-2H3,(H,37,42)(H,40,43)/t25-,29+,31+/m1/s1. The Morgan fingerprint density at radius 3 is 2.33 bits per heavy atom. The van der Waals surface area contributed by atoms with Crippen molar-refractivity contribution in [1.82, 2.24) is 20.6 Å². The molecule has 0 fully saturated rings. The van der Waals surface area contributed by atoms with Gasteiger partial charge in [-0.15, -0.1) is 0 Å². The highest BCUT2D eigenvalue weighted by Gasteiger charge is 2.30. The first-order valence-electron chi connectivity index (χ1n) is 14.6. The van der Waals surface area contributed by atoms with Crippen LogP contribution in [0.4, 0.5) is 10.1 Å². The van der Waals surface area contributed by atoms with E-state index < -0.39 is 29.6 Å². The molecule has 0 unspecified atom stereocenters. The van der Waals surface area contributed by atoms with E-state index in [0.29, 0.717) is 36.1 Å². The molecule has 0 aliphatic carbocycles. The van der Waals surface area contributed by atoms with Crippen molar-refractivity contribution in [1.29, 1.82) is 0 Å². The highest BCUT2D eigenvalue weighted by molar-refractivity contribution is 5.94. The third-order valence-electron chi connectivity index (χ3n) is 7.44. The smallest absolute Gasteiger partial charge is 0.271 e. The first-order chi connectivity index (χ1) is 20.6. The molecule has 4 rings (SSSR count). The molecule has 0 saturated heterocycles. The number of anilines is 1. The van der Waals surface area contributed by atoms with Crippen LogP contribution in [0.5, 0.6) is 0 Å². The predicted molar refractivity (Wildman–Crippen MR) is 167 cm³/mol. The number of halogens is 1. The number of para-hydroxylation sites is 2. The Morgan fingerprint density at radius 1 is 0.953 bits per heavy atom. The van der Waals surface area contributed by atoms with Crippen LogP contribution in [0.2, 0.25) is 0 Å². The van der Waals surface area contributed by atoms with Crippen LogP contribution < -0.4 is 16.4 Å². The Bertz CT molecular complexity index is 1490. The van der Waals surface area contributed by atoms with E-state index in [4.69, 9.17) is 5.73 Å². The van der Waals surface area contributed by atoms with Gasteiger partial charge in [0.2, 0.25) is 5.91 Å². The molecular formula is C34H40FN5O3. The normalized spacial score (nSPS) is 13.7. The quantitative estimate of drug-likeness (QED) is 0.157. The van der Waals surface area contributed by atoms with Crippen molar-refractivity contribution >= 4 is 28.5 Å². The molecule has 0 spiro atoms. The van der Waals surface area contributed by atoms with E-state index in [9.17, 15) is 19.1 Å². The first kappa shape index (κ1) is 31.6. The number of nitrogen functional groups attached to an aromatic ring is 1. The van der Waals surface area contributed by atoms with Gasteiger partial charge in [-0.3, -0.25) is 14.6 Å². The number of nitrogens with two attached hydrogens (primary N) is 1. The number of nitrogens with zero attached hydrogens (tertiary/aromatic N) is 2. The average molecular weight is 586 g/mol. The van der Waals surface area contributed by atoms with Gasteiger partial charge >= 0.3 is 0 Å². The molecule has 3 aromatic carbocycles. The number of aromatic nitrogens is 2. The van der Waals surface area contributed by atoms with Crippen LogP contribution >= 0.6 is 0 Å². The number of amides is 2. The molecule has 0 aliphatic rings. The lowest BCUT2D eigenvalue weighted by Crippen LogP contribution is -2.47. The fourth-order valence-corrected chi connectivity index (χ4v) is 4.95. The van der Waals surface area contributed by atoms with Crippen molar-refractivity contribution in [3.8, 4) is 0 Å². The Labute approximate surface area is 251 Å². The summed E-state index contributed by atoms with van der Waals surface area (Å²) < 4.78 is 14.5. The maximum absolute atomic E-state index is 14.5. The Hall–Kier alpha value is -4.37. The Morgan fingerprint density at radius 2 is 1.63 bits per heavy atom. The van der Waals surface area contributed by atoms with E-state index in [-0.39, 0.29) is 30.9 Å². The molecule has 8 nitrogen and oxygen atoms in total. The summed E-state index contributed by atoms with van der Waals surface area (Å²) >= 11 is 0. The first-order valence-corrected chi connectivity index (χ1v) is 14.6. The number of hydrogen-bond donors (Lipinski definition) is 4. The molecule has 0 saturated carbocycles. The molecule has 4 aromatic rings. The van der Waals surface area contributed by atoms with Gasteiger partial charge in [-0.25, -0.2) is 9.37 Å². The maximum Gasteiger partial charge on any atom is 0.271 e. The number of fused-ring (bicyclic) bond motifs is 1. The molecule has 9 heteroatoms. The number of nitrogens with one attached hydrogen (secondary N) is 2. The third-order valence-corrected chi connectivity index (χ3v) is 7.44. The zero-order chi connectivity index (χ0) is 30.8. The molecule has 2 amide bonds. The highest BCUT2D eigenvalue weighted by Crippen LogP contribution is 2.24. The van der Waals surface area contributed by atoms with Crippen molar-refractivity contribution in [3.05, 3.63) is 102 Å². The van der Waals surface area contributed by atoms with E-state index in [2.05, 4.69) is 20.6 Å². The van der Waals surface area contributed by atoms with Crippen molar-refractivity contribution < 1.29 is 19.1 Å². The fraction of sp³-hybridized carbons (Fsp3) is 0.353. The monoisotopic (exact) mass is 585 g/mol. The minimum absolute atomic E-state index is 0.0466. The van der Waals surface area contributed by atoms with Crippen LogP contribution in [0.1, 0.15) is 54.7 Å². The van der Waals surface area contributed by atoms with Gasteiger partial charge in [0.05, 0.1) is 29.4 Å². The van der Waals surface area contributed by atoms with Gasteiger partial charge in [-0.05, 0) is 81.3 Å². The number of hydrogen-bond acceptors (Lipinski definition) is 6. The highest BCUT2D eigenvalue weighted by atomic mass is 19.1. The largest absolute Gasteiger partial charge is 0.399 e. The summed E-state index contributed by atoms with van der Waals surface area (Å²) in [7, 11) is 0. The van der Waals surface area contributed by atoms with Crippen molar-refractivity contribution in [2.45, 2.75) is 63.8 Å². The zero-order valence-corrected chi connectivity index (χ0v) is 24.7. The molecule has 5 N–H and O–H groups in total. The molecule has 43 heavy (non-hydrogen) atoms. The van der Waals surface area contributed by atoms with Crippen LogP contribution in [-0.4, -0.2) is 51.2 Å². The lowest BCUT2D eigenvalue weighted by Gasteiger charge is -2.28. The molecule has 0 radical (unpaired) electrons. The van der Waals surface area contributed by atoms with E-state index in [0.717, 1.165) is 11.1 Å². The molecule has 0 bridgehead atoms. The minimum atomic E-state index is -1.47. The van der Waals surface area contributed by atoms with Gasteiger partial charge in [-0.1, -0.05) is 54.6 Å². The summed E-state index contributed by atoms with van der Waals surface area (Å²) in [5.74, 6) is -1.40. The zero-order valence-electron chi connectivity index (χ0n) is 24.7. The van der Waals surface area contributed by atoms with Gasteiger partial charge in [0.25, 0.3) is 5.91 Å². The number of aliphatic hydroxyl groups excluding tert-OH is 1. The SMILES string of the molecule is CC(C)(F)CC[C@H](C[C@H](O)[C@H](Cc1ccccc1)NC(=O)c1cnc2ccccc2n1)C(=O)NCCc1ccc(N)cc1. The second-order valence-electron chi connectivity index (χ2n) is 11.6. The Balaban J connectivity index is 1.48. The minimum Gasteiger partial charge on any atom is -0.399 e. The predicted octanol–water partition coefficient (Wildman–Crippen LogP) is 4.81. The van der Waals surface area contributed by atoms with Crippen LogP contribution in [0.3, 0.4) is 0 Å². The molecular weight excluding hydrogens is 545 g/mol. The second-order valence-corrected chi connectivity index (χ2v) is 11.6. The number of alkyl halides is 1. The molecule has 3 atom stereocenters. The number of rotatable bonds is 14. The van der Waals surface area contributed by atoms with Gasteiger partial charge in [0.1, 0.15) is 11.4 Å². The van der Waals surface area contributed by atoms with Crippen LogP contribution in [0.15, 0.2) is 85.1 Å². The second kappa shape index (κ2) is 14.7. The summed E-state index contributed by atoms with van der Waals surface area (Å²) in [6.07, 6.45) is 1.70. The lowest BCUT2D eigenvalue weighted by molar-refractivity contribution is -0.126. The van der Waals surface area contributed by atoms with Crippen LogP contribution in [-0.2, 0) is 17.6 Å². The van der Waals surface area contributed by atoms with Crippen molar-refractivity contribution in [2.75, 3.05) is 12.3 Å². The van der Waals surface area contributed by atoms with Crippen molar-refractivity contribution in [3.63, 3.8) is 0 Å². The maximum atomic E-state index is 14.5. The van der Waals surface area contributed by atoms with Gasteiger partial charge < -0.3 is 21.5 Å². The van der Waals surface area contributed by atoms with Crippen LogP contribution in [0, 0.1) is 5.92 Å². The Kier molecular flexibility index (Phi) is 10.8. The fourth-order valence-electron chi connectivity index (χ4n) is 4.95. The van der Waals surface area contributed by atoms with Gasteiger partial charge in [-0.2, -0.15) is 0 Å². The van der Waals surface area contributed by atoms with E-state index in [1.165, 1.54) is 20.0 Å². The average Bonchev–Trinajstić information content (AvgIpc) is 2.99. The third kappa shape index (κ3) is 9.85. The number of benzene rings is 3. The number of aliphatic hydroxyl groups is 1. The van der Waals surface area contributed by atoms with E-state index >= 15 is 0 Å². The lowest BCUT2D eigenvalue weighted by atomic mass is 9.87. The summed E-state index contributed by atoms with van der Waals surface area (Å²) in [6.45, 7) is 3.34. The van der Waals surface area contributed by atoms with E-state index in [1.54, 1.807) is 6.07 Å². The van der Waals surface area contributed by atoms with Crippen molar-refractivity contribution in [2.24, 2.45) is 5.92 Å². The molecule has 1 aromatic heterocycles. The molecule has 0 aliphatic heterocycles. The van der Waals surface area contributed by atoms with Crippen LogP contribution in [0.25, 0.3) is 11.0 Å². The molecule has 1 heterocycles. The summed E-state index contributed by atoms with van der Waals surface area (Å²) in [4.78, 5) is 35.4. The number of carbonyl (C=O) groups excluding carboxylic acids is 2. The summed E-state index contributed by atoms with van der Waals surface area (Å²) in [5, 5.41) is 17.4. The molecule has 226 valence electrons. The summed E-state index contributed by atoms with van der Waals surface area (Å²) in [6, 6.07) is 23.4. The topological polar surface area (TPSA) is 130 Å². The number of carbonyl (C=O) groups is 2. The van der Waals surface area contributed by atoms with Gasteiger partial charge in [0.15, 0.2) is 0 Å². The van der Waals surface area contributed by atoms with E-state index in [1.807, 2.05) is 72.8 Å². The summed E-state index contributed by atoms with van der Waals surface area (Å²) in [5.41, 5.74) is 8.26. The van der Waals surface area contributed by atoms with Gasteiger partial charge in [0, 0.05) is 18.2 Å².